The Morgan fingerprint density at radius 3 is 1.22 bits per heavy atom. The van der Waals surface area contributed by atoms with E-state index < -0.39 is 0 Å². The van der Waals surface area contributed by atoms with Gasteiger partial charge in [-0.15, -0.1) is 0 Å². The monoisotopic (exact) mass is 714 g/mol. The first kappa shape index (κ1) is 21.8. The molecule has 8 aromatic carbocycles. The molecule has 0 amide bonds. The SMILES string of the molecule is Brc1ccccc1-c1c(-c2ccccc2Br)c2cc(Br)c3ccc4ccc5c(Br)cc1c1c5c4c3c21. The number of halogens is 4. The highest BCUT2D eigenvalue weighted by molar-refractivity contribution is 9.11. The summed E-state index contributed by atoms with van der Waals surface area (Å²) >= 11 is 15.7. The van der Waals surface area contributed by atoms with Crippen LogP contribution in [0.3, 0.4) is 0 Å². The van der Waals surface area contributed by atoms with Crippen LogP contribution in [-0.4, -0.2) is 0 Å². The standard InChI is InChI=1S/C32H14Br4/c33-22-7-3-1-5-16(22)27-20-13-24(35)18-11-9-15-10-12-19-25(36)14-21(28(27)17-6-2-4-8-23(17)34)32-30(19)26(15)29(18)31(20)32/h1-14H. The minimum atomic E-state index is 1.09. The fourth-order valence-corrected chi connectivity index (χ4v) is 8.31. The average Bonchev–Trinajstić information content (AvgIpc) is 3.24. The number of hydrogen-bond acceptors (Lipinski definition) is 0. The zero-order valence-corrected chi connectivity index (χ0v) is 24.9. The molecule has 36 heavy (non-hydrogen) atoms. The lowest BCUT2D eigenvalue weighted by molar-refractivity contribution is 1.59. The minimum Gasteiger partial charge on any atom is -0.0616 e. The van der Waals surface area contributed by atoms with E-state index in [-0.39, 0.29) is 0 Å². The molecule has 0 nitrogen and oxygen atoms in total. The Morgan fingerprint density at radius 2 is 0.778 bits per heavy atom. The molecule has 0 fully saturated rings. The molecule has 0 heterocycles. The van der Waals surface area contributed by atoms with Crippen molar-refractivity contribution in [2.45, 2.75) is 0 Å². The highest BCUT2D eigenvalue weighted by Crippen LogP contribution is 2.57. The predicted molar refractivity (Wildman–Crippen MR) is 169 cm³/mol. The van der Waals surface area contributed by atoms with E-state index in [1.165, 1.54) is 76.1 Å². The van der Waals surface area contributed by atoms with E-state index in [0.29, 0.717) is 0 Å². The van der Waals surface area contributed by atoms with Gasteiger partial charge in [0.05, 0.1) is 0 Å². The maximum absolute atomic E-state index is 3.96. The summed E-state index contributed by atoms with van der Waals surface area (Å²) in [7, 11) is 0. The first-order chi connectivity index (χ1) is 17.5. The smallest absolute Gasteiger partial charge is 0.0260 e. The lowest BCUT2D eigenvalue weighted by Crippen LogP contribution is -1.93. The molecule has 0 N–H and O–H groups in total. The largest absolute Gasteiger partial charge is 0.0616 e. The Morgan fingerprint density at radius 1 is 0.361 bits per heavy atom. The second-order valence-corrected chi connectivity index (χ2v) is 12.8. The van der Waals surface area contributed by atoms with Gasteiger partial charge in [-0.3, -0.25) is 0 Å². The fraction of sp³-hybridized carbons (Fsp3) is 0. The summed E-state index contributed by atoms with van der Waals surface area (Å²) < 4.78 is 4.43. The molecular formula is C32H14Br4. The van der Waals surface area contributed by atoms with E-state index >= 15 is 0 Å². The summed E-state index contributed by atoms with van der Waals surface area (Å²) in [6.07, 6.45) is 0. The summed E-state index contributed by atoms with van der Waals surface area (Å²) in [5.41, 5.74) is 4.87. The van der Waals surface area contributed by atoms with E-state index in [2.05, 4.69) is 149 Å². The topological polar surface area (TPSA) is 0 Å². The number of benzene rings is 7. The molecule has 0 saturated heterocycles. The van der Waals surface area contributed by atoms with Gasteiger partial charge >= 0.3 is 0 Å². The molecule has 0 atom stereocenters. The molecule has 0 radical (unpaired) electrons. The first-order valence-corrected chi connectivity index (χ1v) is 14.8. The van der Waals surface area contributed by atoms with Crippen molar-refractivity contribution in [3.63, 3.8) is 0 Å². The minimum absolute atomic E-state index is 1.09. The molecule has 4 heteroatoms. The second kappa shape index (κ2) is 7.64. The molecule has 8 rings (SSSR count). The Hall–Kier alpha value is -2.24. The van der Waals surface area contributed by atoms with Crippen molar-refractivity contribution in [1.82, 2.24) is 0 Å². The zero-order chi connectivity index (χ0) is 24.3. The van der Waals surface area contributed by atoms with Crippen LogP contribution in [0.4, 0.5) is 0 Å². The molecule has 0 spiro atoms. The van der Waals surface area contributed by atoms with Crippen LogP contribution < -0.4 is 0 Å². The molecular weight excluding hydrogens is 704 g/mol. The van der Waals surface area contributed by atoms with E-state index in [4.69, 9.17) is 0 Å². The van der Waals surface area contributed by atoms with Gasteiger partial charge in [-0.05, 0) is 100 Å². The van der Waals surface area contributed by atoms with Crippen LogP contribution in [0, 0.1) is 0 Å². The van der Waals surface area contributed by atoms with E-state index in [1.54, 1.807) is 0 Å². The molecule has 0 aliphatic carbocycles. The van der Waals surface area contributed by atoms with Crippen LogP contribution in [-0.2, 0) is 0 Å². The van der Waals surface area contributed by atoms with E-state index in [1.807, 2.05) is 0 Å². The molecule has 8 aromatic rings. The molecule has 170 valence electrons. The predicted octanol–water partition coefficient (Wildman–Crippen LogP) is 12.1. The van der Waals surface area contributed by atoms with Crippen molar-refractivity contribution in [3.05, 3.63) is 103 Å². The average molecular weight is 718 g/mol. The highest BCUT2D eigenvalue weighted by Gasteiger charge is 2.28. The second-order valence-electron chi connectivity index (χ2n) is 9.35. The Labute approximate surface area is 240 Å². The van der Waals surface area contributed by atoms with Gasteiger partial charge in [0.15, 0.2) is 0 Å². The van der Waals surface area contributed by atoms with Gasteiger partial charge < -0.3 is 0 Å². The van der Waals surface area contributed by atoms with Crippen molar-refractivity contribution in [1.29, 1.82) is 0 Å². The van der Waals surface area contributed by atoms with Crippen LogP contribution in [0.1, 0.15) is 0 Å². The van der Waals surface area contributed by atoms with Gasteiger partial charge in [0.25, 0.3) is 0 Å². The maximum Gasteiger partial charge on any atom is 0.0260 e. The third-order valence-electron chi connectivity index (χ3n) is 7.61. The van der Waals surface area contributed by atoms with Gasteiger partial charge in [0.1, 0.15) is 0 Å². The lowest BCUT2D eigenvalue weighted by atomic mass is 9.84. The van der Waals surface area contributed by atoms with E-state index in [9.17, 15) is 0 Å². The Kier molecular flexibility index (Phi) is 4.63. The lowest BCUT2D eigenvalue weighted by Gasteiger charge is -2.21. The molecule has 0 bridgehead atoms. The molecule has 0 aromatic heterocycles. The van der Waals surface area contributed by atoms with Gasteiger partial charge in [0.2, 0.25) is 0 Å². The molecule has 0 aliphatic rings. The van der Waals surface area contributed by atoms with Gasteiger partial charge in [-0.1, -0.05) is 124 Å². The van der Waals surface area contributed by atoms with Crippen LogP contribution in [0.5, 0.6) is 0 Å². The number of hydrogen-bond donors (Lipinski definition) is 0. The van der Waals surface area contributed by atoms with Crippen molar-refractivity contribution in [2.24, 2.45) is 0 Å². The third kappa shape index (κ3) is 2.69. The third-order valence-corrected chi connectivity index (χ3v) is 10.3. The molecule has 0 unspecified atom stereocenters. The van der Waals surface area contributed by atoms with E-state index in [0.717, 1.165) is 17.9 Å². The summed E-state index contributed by atoms with van der Waals surface area (Å²) in [6.45, 7) is 0. The summed E-state index contributed by atoms with van der Waals surface area (Å²) in [4.78, 5) is 0. The quantitative estimate of drug-likeness (QED) is 0.156. The summed E-state index contributed by atoms with van der Waals surface area (Å²) in [6, 6.07) is 30.8. The fourth-order valence-electron chi connectivity index (χ4n) is 6.23. The van der Waals surface area contributed by atoms with Crippen LogP contribution in [0.25, 0.3) is 76.1 Å². The van der Waals surface area contributed by atoms with Crippen LogP contribution >= 0.6 is 63.7 Å². The summed E-state index contributed by atoms with van der Waals surface area (Å²) in [5.74, 6) is 0. The van der Waals surface area contributed by atoms with Crippen molar-refractivity contribution < 1.29 is 0 Å². The summed E-state index contributed by atoms with van der Waals surface area (Å²) in [5, 5.41) is 13.1. The van der Waals surface area contributed by atoms with Crippen molar-refractivity contribution in [3.8, 4) is 22.3 Å². The Bertz CT molecular complexity index is 1990. The van der Waals surface area contributed by atoms with Crippen molar-refractivity contribution >= 4 is 118 Å². The Balaban J connectivity index is 1.79. The van der Waals surface area contributed by atoms with Crippen LogP contribution in [0.2, 0.25) is 0 Å². The van der Waals surface area contributed by atoms with Gasteiger partial charge in [-0.2, -0.15) is 0 Å². The molecule has 0 aliphatic heterocycles. The first-order valence-electron chi connectivity index (χ1n) is 11.6. The zero-order valence-electron chi connectivity index (χ0n) is 18.6. The normalized spacial score (nSPS) is 12.4. The highest BCUT2D eigenvalue weighted by atomic mass is 79.9. The number of rotatable bonds is 2. The molecule has 0 saturated carbocycles. The van der Waals surface area contributed by atoms with Gasteiger partial charge in [0, 0.05) is 17.9 Å². The van der Waals surface area contributed by atoms with Gasteiger partial charge in [-0.25, -0.2) is 0 Å². The maximum atomic E-state index is 3.96. The van der Waals surface area contributed by atoms with Crippen LogP contribution in [0.15, 0.2) is 103 Å². The van der Waals surface area contributed by atoms with Crippen molar-refractivity contribution in [2.75, 3.05) is 0 Å².